The van der Waals surface area contributed by atoms with Crippen LogP contribution in [0.1, 0.15) is 42.7 Å². The van der Waals surface area contributed by atoms with E-state index in [0.717, 1.165) is 30.3 Å². The fourth-order valence-corrected chi connectivity index (χ4v) is 3.82. The lowest BCUT2D eigenvalue weighted by atomic mass is 10.1. The largest absolute Gasteiger partial charge is 0.573 e. The zero-order chi connectivity index (χ0) is 22.7. The van der Waals surface area contributed by atoms with Gasteiger partial charge in [-0.1, -0.05) is 12.1 Å². The number of sulfonamides is 1. The number of alkyl halides is 3. The van der Waals surface area contributed by atoms with Gasteiger partial charge < -0.3 is 10.1 Å². The Labute approximate surface area is 171 Å². The molecule has 30 heavy (non-hydrogen) atoms. The van der Waals surface area contributed by atoms with E-state index in [1.165, 1.54) is 19.1 Å². The molecule has 0 saturated carbocycles. The van der Waals surface area contributed by atoms with Crippen molar-refractivity contribution in [3.05, 3.63) is 59.4 Å². The number of hydrogen-bond acceptors (Lipinski definition) is 4. The van der Waals surface area contributed by atoms with Gasteiger partial charge >= 0.3 is 6.36 Å². The van der Waals surface area contributed by atoms with Gasteiger partial charge in [-0.3, -0.25) is 4.79 Å². The molecule has 1 atom stereocenters. The minimum Gasteiger partial charge on any atom is -0.406 e. The van der Waals surface area contributed by atoms with Gasteiger partial charge in [0, 0.05) is 6.04 Å². The fraction of sp³-hybridized carbons (Fsp3) is 0.316. The molecule has 0 aliphatic carbocycles. The topological polar surface area (TPSA) is 84.5 Å². The zero-order valence-electron chi connectivity index (χ0n) is 16.2. The molecule has 2 rings (SSSR count). The lowest BCUT2D eigenvalue weighted by Gasteiger charge is -2.16. The molecule has 2 N–H and O–H groups in total. The molecule has 0 radical (unpaired) electrons. The summed E-state index contributed by atoms with van der Waals surface area (Å²) in [7, 11) is -3.94. The van der Waals surface area contributed by atoms with E-state index in [2.05, 4.69) is 14.8 Å². The molecular weight excluding hydrogens is 428 g/mol. The van der Waals surface area contributed by atoms with Gasteiger partial charge in [0.25, 0.3) is 5.91 Å². The maximum absolute atomic E-state index is 14.1. The smallest absolute Gasteiger partial charge is 0.406 e. The number of nitrogens with one attached hydrogen (secondary N) is 2. The maximum Gasteiger partial charge on any atom is 0.573 e. The first kappa shape index (κ1) is 23.6. The lowest BCUT2D eigenvalue weighted by molar-refractivity contribution is -0.274. The number of ether oxygens (including phenoxy) is 1. The summed E-state index contributed by atoms with van der Waals surface area (Å²) in [5, 5.41) is 2.48. The van der Waals surface area contributed by atoms with Crippen LogP contribution < -0.4 is 14.8 Å². The van der Waals surface area contributed by atoms with E-state index in [9.17, 15) is 30.8 Å². The first-order valence-electron chi connectivity index (χ1n) is 8.77. The number of benzene rings is 2. The third kappa shape index (κ3) is 6.42. The molecule has 0 fully saturated rings. The van der Waals surface area contributed by atoms with E-state index < -0.39 is 51.5 Å². The minimum absolute atomic E-state index is 0.274. The highest BCUT2D eigenvalue weighted by atomic mass is 32.2. The molecular formula is C19H20F4N2O4S. The number of amides is 1. The summed E-state index contributed by atoms with van der Waals surface area (Å²) >= 11 is 0. The monoisotopic (exact) mass is 448 g/mol. The Hall–Kier alpha value is -2.66. The number of halogens is 4. The number of carbonyl (C=O) groups excluding carboxylic acids is 1. The molecule has 0 spiro atoms. The maximum atomic E-state index is 14.1. The van der Waals surface area contributed by atoms with Crippen molar-refractivity contribution < 1.29 is 35.5 Å². The van der Waals surface area contributed by atoms with Crippen molar-refractivity contribution in [1.82, 2.24) is 10.0 Å². The summed E-state index contributed by atoms with van der Waals surface area (Å²) in [6.07, 6.45) is -4.82. The highest BCUT2D eigenvalue weighted by molar-refractivity contribution is 7.89. The quantitative estimate of drug-likeness (QED) is 0.630. The van der Waals surface area contributed by atoms with Gasteiger partial charge in [0.15, 0.2) is 0 Å². The van der Waals surface area contributed by atoms with Crippen LogP contribution in [0.3, 0.4) is 0 Å². The van der Waals surface area contributed by atoms with Crippen molar-refractivity contribution in [2.75, 3.05) is 0 Å². The zero-order valence-corrected chi connectivity index (χ0v) is 17.1. The average Bonchev–Trinajstić information content (AvgIpc) is 2.59. The number of hydrogen-bond donors (Lipinski definition) is 2. The summed E-state index contributed by atoms with van der Waals surface area (Å²) < 4.78 is 81.4. The van der Waals surface area contributed by atoms with Crippen molar-refractivity contribution in [2.45, 2.75) is 44.1 Å². The van der Waals surface area contributed by atoms with Crippen molar-refractivity contribution in [2.24, 2.45) is 0 Å². The molecule has 2 aromatic carbocycles. The Kier molecular flexibility index (Phi) is 7.09. The Morgan fingerprint density at radius 1 is 1.03 bits per heavy atom. The normalized spacial score (nSPS) is 13.2. The molecule has 0 bridgehead atoms. The summed E-state index contributed by atoms with van der Waals surface area (Å²) in [5.74, 6) is -2.22. The summed E-state index contributed by atoms with van der Waals surface area (Å²) in [6, 6.07) is 6.52. The molecule has 0 aliphatic rings. The Bertz CT molecular complexity index is 1010. The fourth-order valence-electron chi connectivity index (χ4n) is 2.54. The van der Waals surface area contributed by atoms with Gasteiger partial charge in [-0.2, -0.15) is 0 Å². The van der Waals surface area contributed by atoms with Crippen molar-refractivity contribution in [3.8, 4) is 5.75 Å². The molecule has 164 valence electrons. The van der Waals surface area contributed by atoms with Gasteiger partial charge in [0.2, 0.25) is 10.0 Å². The molecule has 0 aliphatic heterocycles. The molecule has 2 aromatic rings. The first-order chi connectivity index (χ1) is 13.8. The number of carbonyl (C=O) groups is 1. The van der Waals surface area contributed by atoms with Crippen LogP contribution in [0, 0.1) is 5.82 Å². The Morgan fingerprint density at radius 3 is 2.17 bits per heavy atom. The van der Waals surface area contributed by atoms with E-state index in [1.54, 1.807) is 13.8 Å². The van der Waals surface area contributed by atoms with E-state index in [4.69, 9.17) is 0 Å². The molecule has 1 unspecified atom stereocenters. The summed E-state index contributed by atoms with van der Waals surface area (Å²) in [4.78, 5) is 12.2. The van der Waals surface area contributed by atoms with Crippen LogP contribution in [-0.4, -0.2) is 26.7 Å². The molecule has 0 aromatic heterocycles. The van der Waals surface area contributed by atoms with Gasteiger partial charge in [0.05, 0.1) is 16.5 Å². The van der Waals surface area contributed by atoms with Crippen molar-refractivity contribution >= 4 is 15.9 Å². The van der Waals surface area contributed by atoms with Crippen LogP contribution in [0.15, 0.2) is 47.4 Å². The predicted molar refractivity (Wildman–Crippen MR) is 101 cm³/mol. The standard InChI is InChI=1S/C19H20F4N2O4S/c1-11(2)25-30(27,28)15-8-9-17(20)16(10-15)18(26)24-12(3)13-4-6-14(7-5-13)29-19(21,22)23/h4-12,25H,1-3H3,(H,24,26). The van der Waals surface area contributed by atoms with Gasteiger partial charge in [-0.15, -0.1) is 13.2 Å². The Morgan fingerprint density at radius 2 is 1.63 bits per heavy atom. The highest BCUT2D eigenvalue weighted by Crippen LogP contribution is 2.25. The van der Waals surface area contributed by atoms with Gasteiger partial charge in [-0.25, -0.2) is 17.5 Å². The van der Waals surface area contributed by atoms with Crippen LogP contribution in [0.2, 0.25) is 0 Å². The van der Waals surface area contributed by atoms with Crippen LogP contribution in [0.25, 0.3) is 0 Å². The van der Waals surface area contributed by atoms with Crippen LogP contribution in [0.4, 0.5) is 17.6 Å². The molecule has 11 heteroatoms. The lowest BCUT2D eigenvalue weighted by Crippen LogP contribution is -2.31. The van der Waals surface area contributed by atoms with Crippen LogP contribution in [-0.2, 0) is 10.0 Å². The van der Waals surface area contributed by atoms with E-state index in [1.807, 2.05) is 0 Å². The van der Waals surface area contributed by atoms with E-state index in [0.29, 0.717) is 5.56 Å². The Balaban J connectivity index is 2.18. The summed E-state index contributed by atoms with van der Waals surface area (Å²) in [6.45, 7) is 4.76. The summed E-state index contributed by atoms with van der Waals surface area (Å²) in [5.41, 5.74) is -0.0472. The van der Waals surface area contributed by atoms with Gasteiger partial charge in [0.1, 0.15) is 11.6 Å². The van der Waals surface area contributed by atoms with Crippen LogP contribution in [0.5, 0.6) is 5.75 Å². The molecule has 1 amide bonds. The predicted octanol–water partition coefficient (Wildman–Crippen LogP) is 3.90. The molecule has 0 saturated heterocycles. The van der Waals surface area contributed by atoms with Crippen molar-refractivity contribution in [1.29, 1.82) is 0 Å². The third-order valence-corrected chi connectivity index (χ3v) is 5.50. The highest BCUT2D eigenvalue weighted by Gasteiger charge is 2.31. The average molecular weight is 448 g/mol. The minimum atomic E-state index is -4.82. The SMILES string of the molecule is CC(C)NS(=O)(=O)c1ccc(F)c(C(=O)NC(C)c2ccc(OC(F)(F)F)cc2)c1. The van der Waals surface area contributed by atoms with Crippen LogP contribution >= 0.6 is 0 Å². The van der Waals surface area contributed by atoms with E-state index >= 15 is 0 Å². The second-order valence-electron chi connectivity index (χ2n) is 6.73. The second-order valence-corrected chi connectivity index (χ2v) is 8.44. The second kappa shape index (κ2) is 9.00. The van der Waals surface area contributed by atoms with E-state index in [-0.39, 0.29) is 4.90 Å². The first-order valence-corrected chi connectivity index (χ1v) is 10.3. The molecule has 6 nitrogen and oxygen atoms in total. The van der Waals surface area contributed by atoms with Crippen molar-refractivity contribution in [3.63, 3.8) is 0 Å². The number of rotatable bonds is 7. The third-order valence-electron chi connectivity index (χ3n) is 3.84. The van der Waals surface area contributed by atoms with Gasteiger partial charge in [-0.05, 0) is 56.7 Å². The molecule has 0 heterocycles.